The molecule has 7 heteroatoms. The first-order chi connectivity index (χ1) is 11.0. The molecule has 2 fully saturated rings. The van der Waals surface area contributed by atoms with Crippen LogP contribution < -0.4 is 4.90 Å². The number of halogens is 1. The van der Waals surface area contributed by atoms with Gasteiger partial charge in [-0.2, -0.15) is 17.0 Å². The van der Waals surface area contributed by atoms with E-state index in [-0.39, 0.29) is 5.82 Å². The maximum Gasteiger partial charge on any atom is 0.282 e. The van der Waals surface area contributed by atoms with E-state index < -0.39 is 10.2 Å². The highest BCUT2D eigenvalue weighted by atomic mass is 32.2. The van der Waals surface area contributed by atoms with E-state index in [0.717, 1.165) is 18.5 Å². The predicted molar refractivity (Wildman–Crippen MR) is 89.1 cm³/mol. The Balaban J connectivity index is 1.62. The molecule has 128 valence electrons. The molecule has 0 saturated carbocycles. The molecule has 1 atom stereocenters. The average molecular weight is 341 g/mol. The highest BCUT2D eigenvalue weighted by Crippen LogP contribution is 2.23. The van der Waals surface area contributed by atoms with Gasteiger partial charge in [-0.05, 0) is 43.0 Å². The minimum absolute atomic E-state index is 0.255. The molecule has 23 heavy (non-hydrogen) atoms. The van der Waals surface area contributed by atoms with Crippen molar-refractivity contribution >= 4 is 15.9 Å². The van der Waals surface area contributed by atoms with Gasteiger partial charge in [0.15, 0.2) is 0 Å². The molecule has 0 aromatic heterocycles. The second kappa shape index (κ2) is 6.75. The van der Waals surface area contributed by atoms with Crippen LogP contribution in [0.3, 0.4) is 0 Å². The van der Waals surface area contributed by atoms with Crippen molar-refractivity contribution in [2.75, 3.05) is 44.2 Å². The van der Waals surface area contributed by atoms with Gasteiger partial charge in [0.2, 0.25) is 0 Å². The molecule has 1 aromatic rings. The van der Waals surface area contributed by atoms with Crippen molar-refractivity contribution in [2.45, 2.75) is 19.8 Å². The molecule has 2 aliphatic heterocycles. The molecule has 2 heterocycles. The van der Waals surface area contributed by atoms with Gasteiger partial charge in [0.1, 0.15) is 5.82 Å². The summed E-state index contributed by atoms with van der Waals surface area (Å²) >= 11 is 0. The molecule has 0 bridgehead atoms. The molecule has 2 saturated heterocycles. The summed E-state index contributed by atoms with van der Waals surface area (Å²) < 4.78 is 41.7. The summed E-state index contributed by atoms with van der Waals surface area (Å²) in [5, 5.41) is 0. The number of anilines is 1. The molecule has 5 nitrogen and oxygen atoms in total. The highest BCUT2D eigenvalue weighted by molar-refractivity contribution is 7.86. The number of rotatable bonds is 3. The van der Waals surface area contributed by atoms with Crippen molar-refractivity contribution in [3.8, 4) is 0 Å². The Labute approximate surface area is 137 Å². The molecular weight excluding hydrogens is 317 g/mol. The third-order valence-electron chi connectivity index (χ3n) is 4.70. The summed E-state index contributed by atoms with van der Waals surface area (Å²) in [6, 6.07) is 6.36. The fourth-order valence-electron chi connectivity index (χ4n) is 3.35. The zero-order valence-corrected chi connectivity index (χ0v) is 14.3. The Morgan fingerprint density at radius 1 is 1.00 bits per heavy atom. The van der Waals surface area contributed by atoms with Gasteiger partial charge in [0.05, 0.1) is 0 Å². The van der Waals surface area contributed by atoms with E-state index in [2.05, 4.69) is 11.8 Å². The quantitative estimate of drug-likeness (QED) is 0.844. The fourth-order valence-corrected chi connectivity index (χ4v) is 5.10. The minimum Gasteiger partial charge on any atom is -0.369 e. The third kappa shape index (κ3) is 3.67. The lowest BCUT2D eigenvalue weighted by Crippen LogP contribution is -2.54. The van der Waals surface area contributed by atoms with Crippen molar-refractivity contribution < 1.29 is 12.8 Å². The van der Waals surface area contributed by atoms with Crippen molar-refractivity contribution in [3.05, 3.63) is 30.1 Å². The zero-order valence-electron chi connectivity index (χ0n) is 13.5. The Hall–Kier alpha value is -1.18. The van der Waals surface area contributed by atoms with E-state index in [0.29, 0.717) is 45.2 Å². The van der Waals surface area contributed by atoms with Gasteiger partial charge in [0.25, 0.3) is 10.2 Å². The minimum atomic E-state index is -3.35. The van der Waals surface area contributed by atoms with Gasteiger partial charge >= 0.3 is 0 Å². The Morgan fingerprint density at radius 2 is 1.65 bits per heavy atom. The normalized spacial score (nSPS) is 24.8. The average Bonchev–Trinajstić information content (AvgIpc) is 2.56. The summed E-state index contributed by atoms with van der Waals surface area (Å²) in [5.74, 6) is 0.174. The van der Waals surface area contributed by atoms with Crippen LogP contribution in [0.15, 0.2) is 24.3 Å². The van der Waals surface area contributed by atoms with Crippen LogP contribution in [0.25, 0.3) is 0 Å². The van der Waals surface area contributed by atoms with Gasteiger partial charge in [0, 0.05) is 45.0 Å². The Bertz CT molecular complexity index is 627. The van der Waals surface area contributed by atoms with Crippen LogP contribution in [-0.2, 0) is 10.2 Å². The largest absolute Gasteiger partial charge is 0.369 e. The van der Waals surface area contributed by atoms with Gasteiger partial charge in [-0.1, -0.05) is 6.92 Å². The summed E-state index contributed by atoms with van der Waals surface area (Å²) in [6.45, 7) is 5.58. The first-order valence-corrected chi connectivity index (χ1v) is 9.62. The monoisotopic (exact) mass is 341 g/mol. The van der Waals surface area contributed by atoms with Crippen LogP contribution >= 0.6 is 0 Å². The first kappa shape index (κ1) is 16.7. The summed E-state index contributed by atoms with van der Waals surface area (Å²) in [6.07, 6.45) is 2.04. The van der Waals surface area contributed by atoms with Crippen LogP contribution in [0.4, 0.5) is 10.1 Å². The summed E-state index contributed by atoms with van der Waals surface area (Å²) in [4.78, 5) is 2.10. The smallest absolute Gasteiger partial charge is 0.282 e. The summed E-state index contributed by atoms with van der Waals surface area (Å²) in [5.41, 5.74) is 0.940. The van der Waals surface area contributed by atoms with Crippen LogP contribution in [0, 0.1) is 11.7 Å². The SMILES string of the molecule is CC1CCCN(S(=O)(=O)N2CCN(c3ccc(F)cc3)CC2)C1. The van der Waals surface area contributed by atoms with Gasteiger partial charge in [-0.3, -0.25) is 0 Å². The number of benzene rings is 1. The molecule has 2 aliphatic rings. The fraction of sp³-hybridized carbons (Fsp3) is 0.625. The summed E-state index contributed by atoms with van der Waals surface area (Å²) in [7, 11) is -3.35. The van der Waals surface area contributed by atoms with E-state index in [1.165, 1.54) is 12.1 Å². The number of hydrogen-bond donors (Lipinski definition) is 0. The highest BCUT2D eigenvalue weighted by Gasteiger charge is 2.34. The Morgan fingerprint density at radius 3 is 2.26 bits per heavy atom. The van der Waals surface area contributed by atoms with Crippen LogP contribution in [0.2, 0.25) is 0 Å². The first-order valence-electron chi connectivity index (χ1n) is 8.22. The lowest BCUT2D eigenvalue weighted by Gasteiger charge is -2.39. The van der Waals surface area contributed by atoms with Gasteiger partial charge < -0.3 is 4.90 Å². The van der Waals surface area contributed by atoms with Crippen molar-refractivity contribution in [3.63, 3.8) is 0 Å². The molecule has 1 unspecified atom stereocenters. The van der Waals surface area contributed by atoms with Crippen LogP contribution in [0.1, 0.15) is 19.8 Å². The second-order valence-corrected chi connectivity index (χ2v) is 8.40. The number of hydrogen-bond acceptors (Lipinski definition) is 3. The molecule has 0 amide bonds. The molecule has 3 rings (SSSR count). The topological polar surface area (TPSA) is 43.9 Å². The van der Waals surface area contributed by atoms with E-state index in [4.69, 9.17) is 0 Å². The maximum atomic E-state index is 13.0. The van der Waals surface area contributed by atoms with E-state index in [1.54, 1.807) is 20.7 Å². The standard InChI is InChI=1S/C16H24FN3O2S/c1-14-3-2-8-20(13-14)23(21,22)19-11-9-18(10-12-19)16-6-4-15(17)5-7-16/h4-7,14H,2-3,8-13H2,1H3. The molecule has 0 spiro atoms. The number of piperazine rings is 1. The molecule has 0 N–H and O–H groups in total. The predicted octanol–water partition coefficient (Wildman–Crippen LogP) is 1.92. The second-order valence-electron chi connectivity index (χ2n) is 6.48. The third-order valence-corrected chi connectivity index (χ3v) is 6.70. The molecule has 0 aliphatic carbocycles. The van der Waals surface area contributed by atoms with Gasteiger partial charge in [-0.15, -0.1) is 0 Å². The zero-order chi connectivity index (χ0) is 16.4. The Kier molecular flexibility index (Phi) is 4.89. The number of piperidine rings is 1. The van der Waals surface area contributed by atoms with E-state index in [9.17, 15) is 12.8 Å². The van der Waals surface area contributed by atoms with Gasteiger partial charge in [-0.25, -0.2) is 4.39 Å². The van der Waals surface area contributed by atoms with Crippen molar-refractivity contribution in [1.82, 2.24) is 8.61 Å². The van der Waals surface area contributed by atoms with E-state index in [1.807, 2.05) is 0 Å². The van der Waals surface area contributed by atoms with Crippen molar-refractivity contribution in [2.24, 2.45) is 5.92 Å². The lowest BCUT2D eigenvalue weighted by atomic mass is 10.0. The molecular formula is C16H24FN3O2S. The van der Waals surface area contributed by atoms with E-state index >= 15 is 0 Å². The lowest BCUT2D eigenvalue weighted by molar-refractivity contribution is 0.254. The maximum absolute atomic E-state index is 13.0. The van der Waals surface area contributed by atoms with Crippen LogP contribution in [0.5, 0.6) is 0 Å². The van der Waals surface area contributed by atoms with Crippen LogP contribution in [-0.4, -0.2) is 56.3 Å². The van der Waals surface area contributed by atoms with Crippen molar-refractivity contribution in [1.29, 1.82) is 0 Å². The molecule has 0 radical (unpaired) electrons. The number of nitrogens with zero attached hydrogens (tertiary/aromatic N) is 3. The molecule has 1 aromatic carbocycles.